The smallest absolute Gasteiger partial charge is 0.262 e. The van der Waals surface area contributed by atoms with Crippen molar-refractivity contribution in [1.29, 1.82) is 0 Å². The quantitative estimate of drug-likeness (QED) is 0.526. The molecular formula is C24H26N2O3S. The number of hydrogen-bond acceptors (Lipinski definition) is 3. The molecule has 30 heavy (non-hydrogen) atoms. The zero-order valence-corrected chi connectivity index (χ0v) is 18.0. The van der Waals surface area contributed by atoms with E-state index in [2.05, 4.69) is 22.2 Å². The molecule has 0 aliphatic carbocycles. The zero-order chi connectivity index (χ0) is 21.6. The molecule has 0 saturated carbocycles. The number of sulfonamides is 1. The summed E-state index contributed by atoms with van der Waals surface area (Å²) in [6, 6.07) is 21.9. The minimum Gasteiger partial charge on any atom is -0.352 e. The molecule has 0 saturated heterocycles. The van der Waals surface area contributed by atoms with Gasteiger partial charge in [-0.25, -0.2) is 8.42 Å². The molecule has 0 atom stereocenters. The van der Waals surface area contributed by atoms with Crippen molar-refractivity contribution in [2.75, 3.05) is 11.3 Å². The van der Waals surface area contributed by atoms with Gasteiger partial charge < -0.3 is 5.32 Å². The molecule has 3 aromatic carbocycles. The summed E-state index contributed by atoms with van der Waals surface area (Å²) in [5.41, 5.74) is 3.65. The molecule has 0 heterocycles. The number of aryl methyl sites for hydroxylation is 3. The van der Waals surface area contributed by atoms with Crippen LogP contribution in [0.15, 0.2) is 77.7 Å². The van der Waals surface area contributed by atoms with E-state index in [-0.39, 0.29) is 10.8 Å². The molecule has 3 rings (SSSR count). The van der Waals surface area contributed by atoms with Crippen LogP contribution in [0.1, 0.15) is 33.5 Å². The SMILES string of the molecule is Cc1ccc(NS(=O)(=O)c2cc(C(=O)NCCCc3ccccc3)ccc2C)cc1. The van der Waals surface area contributed by atoms with Gasteiger partial charge in [0.15, 0.2) is 0 Å². The maximum atomic E-state index is 12.9. The number of carbonyl (C=O) groups excluding carboxylic acids is 1. The van der Waals surface area contributed by atoms with E-state index >= 15 is 0 Å². The van der Waals surface area contributed by atoms with Crippen LogP contribution in [0.2, 0.25) is 0 Å². The molecule has 0 aliphatic heterocycles. The summed E-state index contributed by atoms with van der Waals surface area (Å²) in [6.07, 6.45) is 1.68. The first-order chi connectivity index (χ1) is 14.3. The lowest BCUT2D eigenvalue weighted by Crippen LogP contribution is -2.25. The van der Waals surface area contributed by atoms with Gasteiger partial charge >= 0.3 is 0 Å². The minimum absolute atomic E-state index is 0.0972. The van der Waals surface area contributed by atoms with Gasteiger partial charge in [0.05, 0.1) is 4.90 Å². The largest absolute Gasteiger partial charge is 0.352 e. The third kappa shape index (κ3) is 5.70. The minimum atomic E-state index is -3.80. The number of anilines is 1. The van der Waals surface area contributed by atoms with E-state index in [9.17, 15) is 13.2 Å². The Kier molecular flexibility index (Phi) is 6.90. The van der Waals surface area contributed by atoms with Crippen LogP contribution in [0.3, 0.4) is 0 Å². The number of benzene rings is 3. The molecule has 0 aromatic heterocycles. The highest BCUT2D eigenvalue weighted by Crippen LogP contribution is 2.21. The second-order valence-electron chi connectivity index (χ2n) is 7.30. The van der Waals surface area contributed by atoms with Crippen molar-refractivity contribution >= 4 is 21.6 Å². The summed E-state index contributed by atoms with van der Waals surface area (Å²) >= 11 is 0. The van der Waals surface area contributed by atoms with Crippen molar-refractivity contribution < 1.29 is 13.2 Å². The Labute approximate surface area is 178 Å². The average Bonchev–Trinajstić information content (AvgIpc) is 2.73. The van der Waals surface area contributed by atoms with Crippen LogP contribution in [-0.2, 0) is 16.4 Å². The number of nitrogens with one attached hydrogen (secondary N) is 2. The van der Waals surface area contributed by atoms with Crippen LogP contribution in [0, 0.1) is 13.8 Å². The van der Waals surface area contributed by atoms with Crippen LogP contribution in [-0.4, -0.2) is 20.9 Å². The fourth-order valence-electron chi connectivity index (χ4n) is 3.10. The average molecular weight is 423 g/mol. The van der Waals surface area contributed by atoms with Crippen LogP contribution < -0.4 is 10.0 Å². The van der Waals surface area contributed by atoms with Crippen LogP contribution in [0.4, 0.5) is 5.69 Å². The van der Waals surface area contributed by atoms with Crippen LogP contribution in [0.5, 0.6) is 0 Å². The van der Waals surface area contributed by atoms with Crippen LogP contribution >= 0.6 is 0 Å². The lowest BCUT2D eigenvalue weighted by molar-refractivity contribution is 0.0953. The van der Waals surface area contributed by atoms with Crippen molar-refractivity contribution in [1.82, 2.24) is 5.32 Å². The summed E-state index contributed by atoms with van der Waals surface area (Å²) < 4.78 is 28.3. The third-order valence-corrected chi connectivity index (χ3v) is 6.34. The van der Waals surface area contributed by atoms with E-state index in [0.717, 1.165) is 18.4 Å². The fraction of sp³-hybridized carbons (Fsp3) is 0.208. The molecule has 0 spiro atoms. The monoisotopic (exact) mass is 422 g/mol. The standard InChI is InChI=1S/C24H26N2O3S/c1-18-10-14-22(15-11-18)26-30(28,29)23-17-21(13-12-19(23)2)24(27)25-16-6-9-20-7-4-3-5-8-20/h3-5,7-8,10-15,17,26H,6,9,16H2,1-2H3,(H,25,27). The first kappa shape index (κ1) is 21.6. The summed E-state index contributed by atoms with van der Waals surface area (Å²) in [4.78, 5) is 12.6. The van der Waals surface area contributed by atoms with Crippen LogP contribution in [0.25, 0.3) is 0 Å². The maximum Gasteiger partial charge on any atom is 0.262 e. The number of hydrogen-bond donors (Lipinski definition) is 2. The van der Waals surface area contributed by atoms with Crippen molar-refractivity contribution in [2.45, 2.75) is 31.6 Å². The normalized spacial score (nSPS) is 11.1. The predicted octanol–water partition coefficient (Wildman–Crippen LogP) is 4.47. The predicted molar refractivity (Wildman–Crippen MR) is 120 cm³/mol. The van der Waals surface area contributed by atoms with Crippen molar-refractivity contribution in [3.05, 3.63) is 95.1 Å². The topological polar surface area (TPSA) is 75.3 Å². The fourth-order valence-corrected chi connectivity index (χ4v) is 4.43. The van der Waals surface area contributed by atoms with Gasteiger partial charge in [-0.05, 0) is 62.1 Å². The van der Waals surface area contributed by atoms with Gasteiger partial charge in [-0.1, -0.05) is 54.1 Å². The maximum absolute atomic E-state index is 12.9. The van der Waals surface area contributed by atoms with Gasteiger partial charge in [-0.15, -0.1) is 0 Å². The van der Waals surface area contributed by atoms with Gasteiger partial charge in [0.1, 0.15) is 0 Å². The Balaban J connectivity index is 1.66. The van der Waals surface area contributed by atoms with E-state index in [1.807, 2.05) is 37.3 Å². The Morgan fingerprint density at radius 1 is 0.900 bits per heavy atom. The highest BCUT2D eigenvalue weighted by atomic mass is 32.2. The molecule has 0 radical (unpaired) electrons. The molecule has 0 unspecified atom stereocenters. The Morgan fingerprint density at radius 3 is 2.30 bits per heavy atom. The highest BCUT2D eigenvalue weighted by Gasteiger charge is 2.19. The Morgan fingerprint density at radius 2 is 1.60 bits per heavy atom. The van der Waals surface area contributed by atoms with E-state index < -0.39 is 10.0 Å². The molecule has 0 bridgehead atoms. The van der Waals surface area contributed by atoms with Gasteiger partial charge in [-0.3, -0.25) is 9.52 Å². The summed E-state index contributed by atoms with van der Waals surface area (Å²) in [5.74, 6) is -0.283. The van der Waals surface area contributed by atoms with Gasteiger partial charge in [0.25, 0.3) is 15.9 Å². The molecular weight excluding hydrogens is 396 g/mol. The highest BCUT2D eigenvalue weighted by molar-refractivity contribution is 7.92. The first-order valence-electron chi connectivity index (χ1n) is 9.87. The van der Waals surface area contributed by atoms with E-state index in [4.69, 9.17) is 0 Å². The number of amides is 1. The molecule has 156 valence electrons. The van der Waals surface area contributed by atoms with Gasteiger partial charge in [0, 0.05) is 17.8 Å². The van der Waals surface area contributed by atoms with Crippen molar-refractivity contribution in [2.24, 2.45) is 0 Å². The molecule has 3 aromatic rings. The third-order valence-electron chi connectivity index (χ3n) is 4.81. The zero-order valence-electron chi connectivity index (χ0n) is 17.2. The Hall–Kier alpha value is -3.12. The molecule has 6 heteroatoms. The summed E-state index contributed by atoms with van der Waals surface area (Å²) in [7, 11) is -3.80. The first-order valence-corrected chi connectivity index (χ1v) is 11.4. The van der Waals surface area contributed by atoms with Crippen molar-refractivity contribution in [3.63, 3.8) is 0 Å². The van der Waals surface area contributed by atoms with E-state index in [1.54, 1.807) is 31.2 Å². The lowest BCUT2D eigenvalue weighted by Gasteiger charge is -2.12. The van der Waals surface area contributed by atoms with Crippen molar-refractivity contribution in [3.8, 4) is 0 Å². The lowest BCUT2D eigenvalue weighted by atomic mass is 10.1. The molecule has 5 nitrogen and oxygen atoms in total. The molecule has 0 fully saturated rings. The number of carbonyl (C=O) groups is 1. The summed E-state index contributed by atoms with van der Waals surface area (Å²) in [6.45, 7) is 4.17. The summed E-state index contributed by atoms with van der Waals surface area (Å²) in [5, 5.41) is 2.87. The van der Waals surface area contributed by atoms with E-state index in [1.165, 1.54) is 11.6 Å². The van der Waals surface area contributed by atoms with Gasteiger partial charge in [0.2, 0.25) is 0 Å². The molecule has 1 amide bonds. The van der Waals surface area contributed by atoms with Gasteiger partial charge in [-0.2, -0.15) is 0 Å². The molecule has 2 N–H and O–H groups in total. The second kappa shape index (κ2) is 9.59. The van der Waals surface area contributed by atoms with E-state index in [0.29, 0.717) is 23.4 Å². The number of rotatable bonds is 8. The second-order valence-corrected chi connectivity index (χ2v) is 8.95. The molecule has 0 aliphatic rings. The Bertz CT molecular complexity index is 1110.